The van der Waals surface area contributed by atoms with Gasteiger partial charge in [-0.25, -0.2) is 0 Å². The molecule has 0 fully saturated rings. The molecule has 3 aromatic carbocycles. The summed E-state index contributed by atoms with van der Waals surface area (Å²) in [5.74, 6) is -1.14. The zero-order valence-corrected chi connectivity index (χ0v) is 18.1. The number of hydrogen-bond donors (Lipinski definition) is 3. The molecule has 3 N–H and O–H groups in total. The van der Waals surface area contributed by atoms with Crippen molar-refractivity contribution in [2.24, 2.45) is 0 Å². The molecular formula is C19H12Cl4O5S. The Hall–Kier alpha value is -1.67. The zero-order valence-electron chi connectivity index (χ0n) is 14.3. The average Bonchev–Trinajstić information content (AvgIpc) is 2.65. The number of phenolic OH excluding ortho intramolecular Hbond substituents is 2. The van der Waals surface area contributed by atoms with Gasteiger partial charge < -0.3 is 10.2 Å². The molecule has 0 radical (unpaired) electrons. The van der Waals surface area contributed by atoms with E-state index in [1.165, 1.54) is 36.4 Å². The predicted molar refractivity (Wildman–Crippen MR) is 114 cm³/mol. The fourth-order valence-electron chi connectivity index (χ4n) is 3.19. The van der Waals surface area contributed by atoms with E-state index in [9.17, 15) is 23.2 Å². The highest BCUT2D eigenvalue weighted by Crippen LogP contribution is 2.53. The van der Waals surface area contributed by atoms with Gasteiger partial charge in [-0.3, -0.25) is 4.55 Å². The number of halogens is 4. The lowest BCUT2D eigenvalue weighted by atomic mass is 9.83. The van der Waals surface area contributed by atoms with Crippen molar-refractivity contribution in [1.82, 2.24) is 0 Å². The van der Waals surface area contributed by atoms with E-state index in [0.717, 1.165) is 12.1 Å². The molecule has 0 saturated carbocycles. The van der Waals surface area contributed by atoms with Crippen molar-refractivity contribution < 1.29 is 23.2 Å². The molecule has 0 heterocycles. The average molecular weight is 494 g/mol. The predicted octanol–water partition coefficient (Wildman–Crippen LogP) is 5.89. The van der Waals surface area contributed by atoms with Gasteiger partial charge in [0, 0.05) is 5.56 Å². The van der Waals surface area contributed by atoms with Crippen LogP contribution < -0.4 is 0 Å². The SMILES string of the molecule is O=S(=O)(O)C(c1ccccc1)(c1ccc(Cl)c(O)c1)c1c(O)c(Cl)cc(Cl)c1Cl. The van der Waals surface area contributed by atoms with Crippen LogP contribution in [0.4, 0.5) is 0 Å². The van der Waals surface area contributed by atoms with E-state index in [1.807, 2.05) is 0 Å². The van der Waals surface area contributed by atoms with Crippen LogP contribution >= 0.6 is 46.4 Å². The smallest absolute Gasteiger partial charge is 0.283 e. The van der Waals surface area contributed by atoms with Gasteiger partial charge >= 0.3 is 0 Å². The maximum atomic E-state index is 13.0. The number of hydrogen-bond acceptors (Lipinski definition) is 4. The Morgan fingerprint density at radius 2 is 1.38 bits per heavy atom. The normalized spacial score (nSPS) is 13.8. The van der Waals surface area contributed by atoms with Crippen molar-refractivity contribution in [2.75, 3.05) is 0 Å². The van der Waals surface area contributed by atoms with Gasteiger partial charge in [0.1, 0.15) is 11.5 Å². The fourth-order valence-corrected chi connectivity index (χ4v) is 5.43. The van der Waals surface area contributed by atoms with E-state index >= 15 is 0 Å². The quantitative estimate of drug-likeness (QED) is 0.239. The van der Waals surface area contributed by atoms with Gasteiger partial charge in [0.25, 0.3) is 10.1 Å². The van der Waals surface area contributed by atoms with Crippen molar-refractivity contribution in [3.05, 3.63) is 91.4 Å². The Morgan fingerprint density at radius 3 is 1.93 bits per heavy atom. The van der Waals surface area contributed by atoms with Gasteiger partial charge in [-0.15, -0.1) is 0 Å². The summed E-state index contributed by atoms with van der Waals surface area (Å²) in [7, 11) is -5.11. The van der Waals surface area contributed by atoms with Gasteiger partial charge in [0.05, 0.1) is 20.1 Å². The van der Waals surface area contributed by atoms with Crippen molar-refractivity contribution >= 4 is 56.5 Å². The fraction of sp³-hybridized carbons (Fsp3) is 0.0526. The van der Waals surface area contributed by atoms with E-state index < -0.39 is 31.9 Å². The van der Waals surface area contributed by atoms with Crippen LogP contribution in [-0.4, -0.2) is 23.2 Å². The molecule has 10 heteroatoms. The molecule has 0 saturated heterocycles. The molecule has 29 heavy (non-hydrogen) atoms. The Bertz CT molecular complexity index is 1170. The maximum absolute atomic E-state index is 13.0. The summed E-state index contributed by atoms with van der Waals surface area (Å²) in [5.41, 5.74) is -0.601. The third-order valence-corrected chi connectivity index (χ3v) is 7.26. The highest BCUT2D eigenvalue weighted by molar-refractivity contribution is 7.87. The van der Waals surface area contributed by atoms with Gasteiger partial charge in [-0.05, 0) is 29.3 Å². The second-order valence-corrected chi connectivity index (χ2v) is 9.23. The molecular weight excluding hydrogens is 482 g/mol. The summed E-state index contributed by atoms with van der Waals surface area (Å²) in [4.78, 5) is 0. The van der Waals surface area contributed by atoms with Crippen LogP contribution in [-0.2, 0) is 14.9 Å². The van der Waals surface area contributed by atoms with Crippen molar-refractivity contribution in [3.8, 4) is 11.5 Å². The first kappa shape index (κ1) is 22.0. The minimum absolute atomic E-state index is 0.0137. The van der Waals surface area contributed by atoms with E-state index in [1.54, 1.807) is 6.07 Å². The largest absolute Gasteiger partial charge is 0.506 e. The second kappa shape index (κ2) is 7.87. The molecule has 0 aromatic heterocycles. The van der Waals surface area contributed by atoms with E-state index in [4.69, 9.17) is 46.4 Å². The van der Waals surface area contributed by atoms with Crippen molar-refractivity contribution in [3.63, 3.8) is 0 Å². The Labute approximate surface area is 186 Å². The van der Waals surface area contributed by atoms with Crippen molar-refractivity contribution in [1.29, 1.82) is 0 Å². The lowest BCUT2D eigenvalue weighted by Gasteiger charge is -2.34. The Balaban J connectivity index is 2.64. The summed E-state index contributed by atoms with van der Waals surface area (Å²) >= 11 is 24.3. The first-order valence-electron chi connectivity index (χ1n) is 7.90. The van der Waals surface area contributed by atoms with Crippen LogP contribution in [0.1, 0.15) is 16.7 Å². The van der Waals surface area contributed by atoms with E-state index in [2.05, 4.69) is 0 Å². The van der Waals surface area contributed by atoms with Gasteiger partial charge in [-0.1, -0.05) is 82.8 Å². The van der Waals surface area contributed by atoms with Crippen LogP contribution in [0, 0.1) is 0 Å². The van der Waals surface area contributed by atoms with Crippen LogP contribution in [0.25, 0.3) is 0 Å². The lowest BCUT2D eigenvalue weighted by molar-refractivity contribution is 0.439. The maximum Gasteiger partial charge on any atom is 0.283 e. The monoisotopic (exact) mass is 492 g/mol. The molecule has 5 nitrogen and oxygen atoms in total. The lowest BCUT2D eigenvalue weighted by Crippen LogP contribution is -2.38. The topological polar surface area (TPSA) is 94.8 Å². The highest BCUT2D eigenvalue weighted by atomic mass is 35.5. The number of rotatable bonds is 4. The van der Waals surface area contributed by atoms with Crippen LogP contribution in [0.2, 0.25) is 20.1 Å². The molecule has 152 valence electrons. The molecule has 0 spiro atoms. The summed E-state index contributed by atoms with van der Waals surface area (Å²) < 4.78 is 33.9. The van der Waals surface area contributed by atoms with Crippen LogP contribution in [0.3, 0.4) is 0 Å². The second-order valence-electron chi connectivity index (χ2n) is 6.07. The Kier molecular flexibility index (Phi) is 5.98. The molecule has 0 amide bonds. The summed E-state index contributed by atoms with van der Waals surface area (Å²) in [6.07, 6.45) is 0. The van der Waals surface area contributed by atoms with Gasteiger partial charge in [0.2, 0.25) is 0 Å². The molecule has 3 aromatic rings. The minimum Gasteiger partial charge on any atom is -0.506 e. The molecule has 1 unspecified atom stereocenters. The molecule has 0 aliphatic carbocycles. The van der Waals surface area contributed by atoms with Gasteiger partial charge in [0.15, 0.2) is 4.75 Å². The van der Waals surface area contributed by atoms with Crippen LogP contribution in [0.15, 0.2) is 54.6 Å². The molecule has 0 aliphatic rings. The summed E-state index contributed by atoms with van der Waals surface area (Å²) in [6.45, 7) is 0. The summed E-state index contributed by atoms with van der Waals surface area (Å²) in [5, 5.41) is 20.0. The van der Waals surface area contributed by atoms with E-state index in [0.29, 0.717) is 0 Å². The third-order valence-electron chi connectivity index (χ3n) is 4.42. The zero-order chi connectivity index (χ0) is 21.6. The van der Waals surface area contributed by atoms with Crippen molar-refractivity contribution in [2.45, 2.75) is 4.75 Å². The number of aromatic hydroxyl groups is 2. The molecule has 1 atom stereocenters. The van der Waals surface area contributed by atoms with Gasteiger partial charge in [-0.2, -0.15) is 8.42 Å². The Morgan fingerprint density at radius 1 is 0.759 bits per heavy atom. The number of benzene rings is 3. The molecule has 3 rings (SSSR count). The molecule has 0 aliphatic heterocycles. The first-order valence-corrected chi connectivity index (χ1v) is 10.9. The highest BCUT2D eigenvalue weighted by Gasteiger charge is 2.52. The molecule has 0 bridgehead atoms. The standard InChI is InChI=1S/C19H12Cl4O5S/c20-12-7-6-11(8-15(12)24)19(29(26,27)28,10-4-2-1-3-5-10)16-17(23)13(21)9-14(22)18(16)25/h1-9,24-25H,(H,26,27,28). The summed E-state index contributed by atoms with van der Waals surface area (Å²) in [6, 6.07) is 12.2. The number of phenols is 2. The third kappa shape index (κ3) is 3.54. The minimum atomic E-state index is -5.11. The first-order chi connectivity index (χ1) is 13.5. The van der Waals surface area contributed by atoms with Crippen LogP contribution in [0.5, 0.6) is 11.5 Å². The van der Waals surface area contributed by atoms with E-state index in [-0.39, 0.29) is 31.2 Å².